The molecular formula is C15H15FO2. The Morgan fingerprint density at radius 1 is 1.11 bits per heavy atom. The van der Waals surface area contributed by atoms with Crippen molar-refractivity contribution >= 4 is 0 Å². The summed E-state index contributed by atoms with van der Waals surface area (Å²) in [7, 11) is 0. The number of halogens is 1. The van der Waals surface area contributed by atoms with Gasteiger partial charge in [0.1, 0.15) is 18.2 Å². The quantitative estimate of drug-likeness (QED) is 0.897. The van der Waals surface area contributed by atoms with Crippen LogP contribution in [0.3, 0.4) is 0 Å². The molecular weight excluding hydrogens is 231 g/mol. The largest absolute Gasteiger partial charge is 0.489 e. The fourth-order valence-electron chi connectivity index (χ4n) is 1.65. The number of aryl methyl sites for hydroxylation is 1. The van der Waals surface area contributed by atoms with Crippen LogP contribution in [0.15, 0.2) is 42.5 Å². The zero-order valence-corrected chi connectivity index (χ0v) is 10.2. The molecule has 0 heterocycles. The minimum atomic E-state index is -0.255. The average Bonchev–Trinajstić information content (AvgIpc) is 2.40. The van der Waals surface area contributed by atoms with Crippen molar-refractivity contribution in [1.82, 2.24) is 0 Å². The van der Waals surface area contributed by atoms with E-state index in [1.54, 1.807) is 30.3 Å². The average molecular weight is 246 g/mol. The van der Waals surface area contributed by atoms with Crippen molar-refractivity contribution in [2.24, 2.45) is 0 Å². The van der Waals surface area contributed by atoms with Crippen molar-refractivity contribution in [1.29, 1.82) is 0 Å². The van der Waals surface area contributed by atoms with Crippen LogP contribution in [0.2, 0.25) is 0 Å². The molecule has 0 fully saturated rings. The molecule has 2 rings (SSSR count). The van der Waals surface area contributed by atoms with Gasteiger partial charge in [0.15, 0.2) is 0 Å². The molecule has 2 aromatic carbocycles. The molecule has 0 aromatic heterocycles. The second-order valence-electron chi connectivity index (χ2n) is 4.16. The molecule has 3 heteroatoms. The molecule has 0 saturated carbocycles. The Bertz CT molecular complexity index is 521. The molecule has 1 N–H and O–H groups in total. The normalized spacial score (nSPS) is 10.4. The van der Waals surface area contributed by atoms with Gasteiger partial charge in [0.2, 0.25) is 0 Å². The van der Waals surface area contributed by atoms with Gasteiger partial charge in [0.05, 0.1) is 6.61 Å². The topological polar surface area (TPSA) is 29.5 Å². The summed E-state index contributed by atoms with van der Waals surface area (Å²) in [5, 5.41) is 8.92. The highest BCUT2D eigenvalue weighted by Gasteiger charge is 2.02. The van der Waals surface area contributed by atoms with E-state index in [1.165, 1.54) is 12.1 Å². The minimum absolute atomic E-state index is 0.0171. The van der Waals surface area contributed by atoms with Crippen LogP contribution >= 0.6 is 0 Å². The molecule has 0 amide bonds. The van der Waals surface area contributed by atoms with Gasteiger partial charge in [0, 0.05) is 0 Å². The summed E-state index contributed by atoms with van der Waals surface area (Å²) in [6.07, 6.45) is 0. The van der Waals surface area contributed by atoms with Gasteiger partial charge in [-0.1, -0.05) is 18.2 Å². The van der Waals surface area contributed by atoms with Crippen molar-refractivity contribution in [3.8, 4) is 5.75 Å². The Morgan fingerprint density at radius 3 is 2.50 bits per heavy atom. The smallest absolute Gasteiger partial charge is 0.123 e. The molecule has 0 saturated heterocycles. The van der Waals surface area contributed by atoms with Crippen LogP contribution in [0.25, 0.3) is 0 Å². The zero-order chi connectivity index (χ0) is 13.0. The standard InChI is InChI=1S/C15H15FO2/c1-11-2-5-14(16)8-13(11)10-18-15-6-3-12(9-17)4-7-15/h2-8,17H,9-10H2,1H3. The van der Waals surface area contributed by atoms with Crippen molar-refractivity contribution in [2.75, 3.05) is 0 Å². The first-order valence-electron chi connectivity index (χ1n) is 5.76. The van der Waals surface area contributed by atoms with E-state index in [9.17, 15) is 4.39 Å². The molecule has 94 valence electrons. The maximum Gasteiger partial charge on any atom is 0.123 e. The highest BCUT2D eigenvalue weighted by molar-refractivity contribution is 5.29. The highest BCUT2D eigenvalue weighted by Crippen LogP contribution is 2.16. The van der Waals surface area contributed by atoms with Crippen molar-refractivity contribution in [3.05, 3.63) is 65.0 Å². The maximum absolute atomic E-state index is 13.1. The lowest BCUT2D eigenvalue weighted by Crippen LogP contribution is -1.98. The van der Waals surface area contributed by atoms with E-state index in [1.807, 2.05) is 6.92 Å². The van der Waals surface area contributed by atoms with E-state index < -0.39 is 0 Å². The lowest BCUT2D eigenvalue weighted by Gasteiger charge is -2.09. The number of benzene rings is 2. The number of rotatable bonds is 4. The molecule has 0 radical (unpaired) electrons. The van der Waals surface area contributed by atoms with Crippen LogP contribution in [0.4, 0.5) is 4.39 Å². The van der Waals surface area contributed by atoms with Crippen LogP contribution in [0.1, 0.15) is 16.7 Å². The Hall–Kier alpha value is -1.87. The second-order valence-corrected chi connectivity index (χ2v) is 4.16. The highest BCUT2D eigenvalue weighted by atomic mass is 19.1. The first kappa shape index (κ1) is 12.6. The molecule has 0 aliphatic carbocycles. The third-order valence-electron chi connectivity index (χ3n) is 2.81. The summed E-state index contributed by atoms with van der Waals surface area (Å²) in [5.41, 5.74) is 2.67. The van der Waals surface area contributed by atoms with Gasteiger partial charge >= 0.3 is 0 Å². The molecule has 0 aliphatic heterocycles. The van der Waals surface area contributed by atoms with E-state index in [0.29, 0.717) is 12.4 Å². The molecule has 0 aliphatic rings. The second kappa shape index (κ2) is 5.65. The lowest BCUT2D eigenvalue weighted by atomic mass is 10.1. The van der Waals surface area contributed by atoms with Gasteiger partial charge in [0.25, 0.3) is 0 Å². The van der Waals surface area contributed by atoms with Gasteiger partial charge < -0.3 is 9.84 Å². The summed E-state index contributed by atoms with van der Waals surface area (Å²) in [5.74, 6) is 0.450. The third-order valence-corrected chi connectivity index (χ3v) is 2.81. The van der Waals surface area contributed by atoms with Crippen molar-refractivity contribution in [3.63, 3.8) is 0 Å². The van der Waals surface area contributed by atoms with E-state index in [0.717, 1.165) is 16.7 Å². The van der Waals surface area contributed by atoms with Gasteiger partial charge in [-0.05, 0) is 47.9 Å². The molecule has 2 aromatic rings. The van der Waals surface area contributed by atoms with Gasteiger partial charge in [-0.2, -0.15) is 0 Å². The molecule has 0 atom stereocenters. The number of aliphatic hydroxyl groups is 1. The number of aliphatic hydroxyl groups excluding tert-OH is 1. The first-order chi connectivity index (χ1) is 8.69. The fraction of sp³-hybridized carbons (Fsp3) is 0.200. The maximum atomic E-state index is 13.1. The third kappa shape index (κ3) is 3.08. The molecule has 2 nitrogen and oxygen atoms in total. The number of hydrogen-bond acceptors (Lipinski definition) is 2. The molecule has 0 spiro atoms. The summed E-state index contributed by atoms with van der Waals surface area (Å²) in [6, 6.07) is 11.8. The summed E-state index contributed by atoms with van der Waals surface area (Å²) in [6.45, 7) is 2.28. The molecule has 0 bridgehead atoms. The SMILES string of the molecule is Cc1ccc(F)cc1COc1ccc(CO)cc1. The predicted octanol–water partition coefficient (Wildman–Crippen LogP) is 3.21. The molecule has 18 heavy (non-hydrogen) atoms. The Morgan fingerprint density at radius 2 is 1.83 bits per heavy atom. The van der Waals surface area contributed by atoms with Crippen LogP contribution in [-0.2, 0) is 13.2 Å². The van der Waals surface area contributed by atoms with Crippen molar-refractivity contribution < 1.29 is 14.2 Å². The number of ether oxygens (including phenoxy) is 1. The van der Waals surface area contributed by atoms with Crippen LogP contribution < -0.4 is 4.74 Å². The van der Waals surface area contributed by atoms with Crippen molar-refractivity contribution in [2.45, 2.75) is 20.1 Å². The Kier molecular flexibility index (Phi) is 3.95. The van der Waals surface area contributed by atoms with Crippen LogP contribution in [0, 0.1) is 12.7 Å². The van der Waals surface area contributed by atoms with Gasteiger partial charge in [-0.3, -0.25) is 0 Å². The zero-order valence-electron chi connectivity index (χ0n) is 10.2. The molecule has 0 unspecified atom stereocenters. The Balaban J connectivity index is 2.04. The van der Waals surface area contributed by atoms with Gasteiger partial charge in [-0.15, -0.1) is 0 Å². The summed E-state index contributed by atoms with van der Waals surface area (Å²) < 4.78 is 18.7. The van der Waals surface area contributed by atoms with Crippen LogP contribution in [0.5, 0.6) is 5.75 Å². The van der Waals surface area contributed by atoms with Gasteiger partial charge in [-0.25, -0.2) is 4.39 Å². The number of hydrogen-bond donors (Lipinski definition) is 1. The fourth-order valence-corrected chi connectivity index (χ4v) is 1.65. The first-order valence-corrected chi connectivity index (χ1v) is 5.76. The Labute approximate surface area is 106 Å². The predicted molar refractivity (Wildman–Crippen MR) is 67.8 cm³/mol. The van der Waals surface area contributed by atoms with Crippen LogP contribution in [-0.4, -0.2) is 5.11 Å². The van der Waals surface area contributed by atoms with E-state index >= 15 is 0 Å². The summed E-state index contributed by atoms with van der Waals surface area (Å²) in [4.78, 5) is 0. The summed E-state index contributed by atoms with van der Waals surface area (Å²) >= 11 is 0. The van der Waals surface area contributed by atoms with E-state index in [-0.39, 0.29) is 12.4 Å². The van der Waals surface area contributed by atoms with E-state index in [2.05, 4.69) is 0 Å². The monoisotopic (exact) mass is 246 g/mol. The minimum Gasteiger partial charge on any atom is -0.489 e. The van der Waals surface area contributed by atoms with E-state index in [4.69, 9.17) is 9.84 Å². The lowest BCUT2D eigenvalue weighted by molar-refractivity contribution is 0.280.